The monoisotopic (exact) mass is 646 g/mol. The molecular formula is C31H27BrN4O3S2. The number of benzene rings is 3. The molecular weight excluding hydrogens is 620 g/mol. The van der Waals surface area contributed by atoms with Crippen molar-refractivity contribution in [3.63, 3.8) is 0 Å². The van der Waals surface area contributed by atoms with E-state index >= 15 is 0 Å². The van der Waals surface area contributed by atoms with Crippen LogP contribution in [0.5, 0.6) is 5.75 Å². The first-order valence-corrected chi connectivity index (χ1v) is 16.0. The summed E-state index contributed by atoms with van der Waals surface area (Å²) in [4.78, 5) is 33.0. The Morgan fingerprint density at radius 2 is 1.85 bits per heavy atom. The summed E-state index contributed by atoms with van der Waals surface area (Å²) >= 11 is 6.28. The molecule has 208 valence electrons. The number of carbonyl (C=O) groups is 1. The van der Waals surface area contributed by atoms with Gasteiger partial charge in [0.05, 0.1) is 40.9 Å². The zero-order chi connectivity index (χ0) is 28.5. The second-order valence-corrected chi connectivity index (χ2v) is 12.8. The molecule has 0 aliphatic carbocycles. The molecule has 3 aromatic carbocycles. The molecule has 0 bridgehead atoms. The van der Waals surface area contributed by atoms with Gasteiger partial charge in [-0.15, -0.1) is 11.8 Å². The summed E-state index contributed by atoms with van der Waals surface area (Å²) in [6.07, 6.45) is 1.34. The second-order valence-electron chi connectivity index (χ2n) is 9.79. The molecule has 41 heavy (non-hydrogen) atoms. The Balaban J connectivity index is 1.33. The van der Waals surface area contributed by atoms with Gasteiger partial charge in [0.15, 0.2) is 5.16 Å². The van der Waals surface area contributed by atoms with Crippen LogP contribution in [0.15, 0.2) is 97.2 Å². The lowest BCUT2D eigenvalue weighted by atomic mass is 9.98. The number of para-hydroxylation sites is 2. The first kappa shape index (κ1) is 27.8. The van der Waals surface area contributed by atoms with Gasteiger partial charge in [-0.25, -0.2) is 9.99 Å². The van der Waals surface area contributed by atoms with Crippen LogP contribution in [0.2, 0.25) is 0 Å². The van der Waals surface area contributed by atoms with E-state index in [1.165, 1.54) is 23.5 Å². The molecule has 2 aliphatic heterocycles. The molecule has 1 atom stereocenters. The van der Waals surface area contributed by atoms with Crippen LogP contribution in [-0.4, -0.2) is 44.8 Å². The van der Waals surface area contributed by atoms with Gasteiger partial charge in [-0.2, -0.15) is 5.10 Å². The van der Waals surface area contributed by atoms with Crippen LogP contribution in [0, 0.1) is 6.92 Å². The number of hydrogen-bond acceptors (Lipinski definition) is 7. The number of aryl methyl sites for hydroxylation is 2. The Kier molecular flexibility index (Phi) is 8.05. The minimum absolute atomic E-state index is 0.0764. The summed E-state index contributed by atoms with van der Waals surface area (Å²) in [7, 11) is 1.58. The quantitative estimate of drug-likeness (QED) is 0.170. The highest BCUT2D eigenvalue weighted by molar-refractivity contribution is 9.10. The average Bonchev–Trinajstić information content (AvgIpc) is 3.65. The van der Waals surface area contributed by atoms with Crippen molar-refractivity contribution >= 4 is 51.1 Å². The number of rotatable bonds is 7. The number of aromatic nitrogens is 2. The average molecular weight is 648 g/mol. The smallest absolute Gasteiger partial charge is 0.272 e. The minimum atomic E-state index is -0.219. The molecule has 0 radical (unpaired) electrons. The predicted octanol–water partition coefficient (Wildman–Crippen LogP) is 6.43. The highest BCUT2D eigenvalue weighted by Gasteiger charge is 2.33. The molecule has 1 amide bonds. The summed E-state index contributed by atoms with van der Waals surface area (Å²) in [5.41, 5.74) is 5.29. The molecule has 1 unspecified atom stereocenters. The van der Waals surface area contributed by atoms with Crippen molar-refractivity contribution in [3.8, 4) is 11.4 Å². The van der Waals surface area contributed by atoms with E-state index in [4.69, 9.17) is 14.8 Å². The summed E-state index contributed by atoms with van der Waals surface area (Å²) in [5.74, 6) is 1.31. The van der Waals surface area contributed by atoms with Gasteiger partial charge in [-0.3, -0.25) is 14.2 Å². The van der Waals surface area contributed by atoms with Gasteiger partial charge in [-0.05, 0) is 42.3 Å². The fourth-order valence-corrected chi connectivity index (χ4v) is 7.18. The van der Waals surface area contributed by atoms with Crippen LogP contribution in [0.3, 0.4) is 0 Å². The van der Waals surface area contributed by atoms with Crippen molar-refractivity contribution in [2.75, 3.05) is 18.6 Å². The van der Waals surface area contributed by atoms with E-state index in [0.29, 0.717) is 27.9 Å². The SMILES string of the molecule is COc1ccccc1-n1c(SCC(=O)N2N=C(c3ccc(Br)cc3)CC2c2ccc(C)cc2)nc2c(c1=O)SCC2. The van der Waals surface area contributed by atoms with Gasteiger partial charge in [0.1, 0.15) is 5.75 Å². The van der Waals surface area contributed by atoms with Crippen molar-refractivity contribution in [2.45, 2.75) is 35.9 Å². The van der Waals surface area contributed by atoms with Crippen molar-refractivity contribution in [1.29, 1.82) is 0 Å². The van der Waals surface area contributed by atoms with Crippen LogP contribution in [0.1, 0.15) is 34.8 Å². The second kappa shape index (κ2) is 11.9. The number of amides is 1. The van der Waals surface area contributed by atoms with E-state index < -0.39 is 0 Å². The number of methoxy groups -OCH3 is 1. The number of hydrogen-bond donors (Lipinski definition) is 0. The number of ether oxygens (including phenoxy) is 1. The first-order valence-electron chi connectivity index (χ1n) is 13.2. The number of nitrogens with zero attached hydrogens (tertiary/aromatic N) is 4. The number of carbonyl (C=O) groups excluding carboxylic acids is 1. The van der Waals surface area contributed by atoms with Crippen molar-refractivity contribution in [3.05, 3.63) is 110 Å². The Labute approximate surface area is 255 Å². The van der Waals surface area contributed by atoms with E-state index in [1.807, 2.05) is 55.5 Å². The fraction of sp³-hybridized carbons (Fsp3) is 0.226. The number of fused-ring (bicyclic) bond motifs is 1. The van der Waals surface area contributed by atoms with Crippen LogP contribution in [-0.2, 0) is 11.2 Å². The highest BCUT2D eigenvalue weighted by atomic mass is 79.9. The van der Waals surface area contributed by atoms with Gasteiger partial charge in [0.25, 0.3) is 11.5 Å². The van der Waals surface area contributed by atoms with Crippen molar-refractivity contribution in [1.82, 2.24) is 14.6 Å². The first-order chi connectivity index (χ1) is 19.9. The molecule has 0 saturated heterocycles. The van der Waals surface area contributed by atoms with E-state index in [9.17, 15) is 9.59 Å². The van der Waals surface area contributed by atoms with Crippen molar-refractivity contribution in [2.24, 2.45) is 5.10 Å². The summed E-state index contributed by atoms with van der Waals surface area (Å²) in [6.45, 7) is 2.05. The van der Waals surface area contributed by atoms with Gasteiger partial charge in [0.2, 0.25) is 0 Å². The lowest BCUT2D eigenvalue weighted by molar-refractivity contribution is -0.130. The molecule has 0 saturated carbocycles. The van der Waals surface area contributed by atoms with Gasteiger partial charge < -0.3 is 4.74 Å². The molecule has 7 nitrogen and oxygen atoms in total. The fourth-order valence-electron chi connectivity index (χ4n) is 5.01. The minimum Gasteiger partial charge on any atom is -0.495 e. The lowest BCUT2D eigenvalue weighted by Crippen LogP contribution is -2.29. The number of hydrazone groups is 1. The zero-order valence-electron chi connectivity index (χ0n) is 22.5. The third-order valence-corrected chi connectivity index (χ3v) is 9.68. The van der Waals surface area contributed by atoms with Crippen molar-refractivity contribution < 1.29 is 9.53 Å². The van der Waals surface area contributed by atoms with E-state index in [1.54, 1.807) is 16.7 Å². The molecule has 2 aliphatic rings. The largest absolute Gasteiger partial charge is 0.495 e. The third kappa shape index (κ3) is 5.60. The van der Waals surface area contributed by atoms with E-state index in [0.717, 1.165) is 44.7 Å². The Hall–Kier alpha value is -3.34. The Bertz CT molecular complexity index is 1700. The summed E-state index contributed by atoms with van der Waals surface area (Å²) in [6, 6.07) is 23.4. The maximum Gasteiger partial charge on any atom is 0.272 e. The summed E-state index contributed by atoms with van der Waals surface area (Å²) < 4.78 is 8.13. The number of halogens is 1. The Morgan fingerprint density at radius 1 is 1.10 bits per heavy atom. The third-order valence-electron chi connectivity index (χ3n) is 7.12. The van der Waals surface area contributed by atoms with Crippen LogP contribution < -0.4 is 10.3 Å². The highest BCUT2D eigenvalue weighted by Crippen LogP contribution is 2.36. The standard InChI is InChI=1S/C31H27BrN4O3S2/c1-19-7-9-21(10-8-19)26-17-24(20-11-13-22(32)14-12-20)34-36(26)28(37)18-41-31-33-23-15-16-40-29(23)30(38)35(31)25-5-3-4-6-27(25)39-2/h3-14,26H,15-18H2,1-2H3. The predicted molar refractivity (Wildman–Crippen MR) is 168 cm³/mol. The molecule has 6 rings (SSSR count). The van der Waals surface area contributed by atoms with Crippen LogP contribution in [0.4, 0.5) is 0 Å². The van der Waals surface area contributed by atoms with Gasteiger partial charge in [-0.1, -0.05) is 81.8 Å². The van der Waals surface area contributed by atoms with Gasteiger partial charge in [0, 0.05) is 23.1 Å². The molecule has 0 fully saturated rings. The molecule has 4 aromatic rings. The zero-order valence-corrected chi connectivity index (χ0v) is 25.8. The topological polar surface area (TPSA) is 76.8 Å². The Morgan fingerprint density at radius 3 is 2.61 bits per heavy atom. The number of thioether (sulfide) groups is 2. The molecule has 3 heterocycles. The van der Waals surface area contributed by atoms with E-state index in [-0.39, 0.29) is 23.3 Å². The molecule has 10 heteroatoms. The maximum atomic E-state index is 13.8. The van der Waals surface area contributed by atoms with Gasteiger partial charge >= 0.3 is 0 Å². The summed E-state index contributed by atoms with van der Waals surface area (Å²) in [5, 5.41) is 6.89. The lowest BCUT2D eigenvalue weighted by Gasteiger charge is -2.22. The van der Waals surface area contributed by atoms with E-state index in [2.05, 4.69) is 40.2 Å². The molecule has 1 aromatic heterocycles. The normalized spacial score (nSPS) is 16.0. The van der Waals surface area contributed by atoms with Crippen LogP contribution >= 0.6 is 39.5 Å². The molecule has 0 N–H and O–H groups in total. The maximum absolute atomic E-state index is 13.8. The van der Waals surface area contributed by atoms with Crippen LogP contribution in [0.25, 0.3) is 5.69 Å². The molecule has 0 spiro atoms.